The number of nitrogens with one attached hydrogen (secondary N) is 1. The lowest BCUT2D eigenvalue weighted by atomic mass is 10.0. The monoisotopic (exact) mass is 1210 g/mol. The normalized spacial score (nSPS) is 13.9. The highest BCUT2D eigenvalue weighted by molar-refractivity contribution is 7.47. The molecule has 0 spiro atoms. The molecule has 0 aromatic heterocycles. The van der Waals surface area contributed by atoms with E-state index in [0.29, 0.717) is 17.4 Å². The molecule has 0 rings (SSSR count). The Labute approximate surface area is 527 Å². The van der Waals surface area contributed by atoms with Crippen LogP contribution >= 0.6 is 7.82 Å². The molecule has 0 heterocycles. The molecule has 0 radical (unpaired) electrons. The van der Waals surface area contributed by atoms with Crippen molar-refractivity contribution in [1.82, 2.24) is 5.32 Å². The summed E-state index contributed by atoms with van der Waals surface area (Å²) >= 11 is 0. The first-order valence-corrected chi connectivity index (χ1v) is 37.8. The maximum atomic E-state index is 13.6. The van der Waals surface area contributed by atoms with Gasteiger partial charge in [-0.15, -0.1) is 0 Å². The van der Waals surface area contributed by atoms with Crippen LogP contribution in [0.1, 0.15) is 342 Å². The van der Waals surface area contributed by atoms with Crippen LogP contribution in [0.4, 0.5) is 0 Å². The van der Waals surface area contributed by atoms with Gasteiger partial charge in [-0.3, -0.25) is 18.6 Å². The molecule has 3 atom stereocenters. The van der Waals surface area contributed by atoms with Gasteiger partial charge in [-0.05, 0) is 76.7 Å². The first kappa shape index (κ1) is 82.5. The summed E-state index contributed by atoms with van der Waals surface area (Å²) in [6.07, 6.45) is 84.9. The second-order valence-corrected chi connectivity index (χ2v) is 27.2. The molecule has 0 aliphatic heterocycles. The fourth-order valence-electron chi connectivity index (χ4n) is 10.6. The van der Waals surface area contributed by atoms with Gasteiger partial charge < -0.3 is 19.4 Å². The minimum atomic E-state index is -4.46. The molecule has 10 heteroatoms. The summed E-state index contributed by atoms with van der Waals surface area (Å²) in [4.78, 5) is 37.9. The number of ether oxygens (including phenoxy) is 1. The minimum absolute atomic E-state index is 0.0390. The van der Waals surface area contributed by atoms with Gasteiger partial charge in [0.1, 0.15) is 19.3 Å². The van der Waals surface area contributed by atoms with Crippen molar-refractivity contribution in [2.45, 2.75) is 354 Å². The molecule has 496 valence electrons. The molecule has 0 bridgehead atoms. The number of unbranched alkanes of at least 4 members (excludes halogenated alkanes) is 40. The number of hydrogen-bond acceptors (Lipinski definition) is 6. The Morgan fingerprint density at radius 2 is 0.753 bits per heavy atom. The lowest BCUT2D eigenvalue weighted by Crippen LogP contribution is -2.47. The number of nitrogens with zero attached hydrogens (tertiary/aromatic N) is 1. The lowest BCUT2D eigenvalue weighted by Gasteiger charge is -2.27. The molecule has 1 amide bonds. The predicted molar refractivity (Wildman–Crippen MR) is 369 cm³/mol. The topological polar surface area (TPSA) is 111 Å². The molecule has 0 aromatic rings. The number of hydrogen-bond donors (Lipinski definition) is 2. The zero-order valence-electron chi connectivity index (χ0n) is 56.9. The van der Waals surface area contributed by atoms with Crippen molar-refractivity contribution in [2.24, 2.45) is 0 Å². The summed E-state index contributed by atoms with van der Waals surface area (Å²) in [5.74, 6) is -0.500. The highest BCUT2D eigenvalue weighted by Gasteiger charge is 2.30. The van der Waals surface area contributed by atoms with E-state index in [1.807, 2.05) is 33.3 Å². The van der Waals surface area contributed by atoms with E-state index in [9.17, 15) is 19.0 Å². The Balaban J connectivity index is 5.00. The SMILES string of the molecule is CC/C=C\C/C=C\C/C=C\C/C=C\C/C=C\CCCCCCCCCCCC(=O)OC(/C=C/CCCCCCCCCCC)C(COP(=O)(O)OCC[N+](C)(C)C)NC(=O)CCCCCCCCCCCCCCCCCCCCCCCCC. The minimum Gasteiger partial charge on any atom is -0.456 e. The van der Waals surface area contributed by atoms with Gasteiger partial charge in [-0.2, -0.15) is 0 Å². The Morgan fingerprint density at radius 1 is 0.424 bits per heavy atom. The number of carbonyl (C=O) groups is 2. The molecular weight excluding hydrogens is 1070 g/mol. The van der Waals surface area contributed by atoms with Gasteiger partial charge >= 0.3 is 13.8 Å². The largest absolute Gasteiger partial charge is 0.472 e. The summed E-state index contributed by atoms with van der Waals surface area (Å²) in [7, 11) is 1.50. The number of amides is 1. The number of esters is 1. The van der Waals surface area contributed by atoms with Gasteiger partial charge in [0, 0.05) is 12.8 Å². The molecule has 0 aliphatic rings. The molecule has 85 heavy (non-hydrogen) atoms. The first-order chi connectivity index (χ1) is 41.4. The molecule has 0 aliphatic carbocycles. The summed E-state index contributed by atoms with van der Waals surface area (Å²) in [5.41, 5.74) is 0. The summed E-state index contributed by atoms with van der Waals surface area (Å²) < 4.78 is 30.8. The average molecular weight is 1210 g/mol. The Hall–Kier alpha value is -2.55. The van der Waals surface area contributed by atoms with Crippen LogP contribution in [-0.2, 0) is 27.9 Å². The molecule has 0 fully saturated rings. The summed E-state index contributed by atoms with van der Waals surface area (Å²) in [6.45, 7) is 6.94. The fraction of sp³-hybridized carbons (Fsp3) is 0.813. The number of allylic oxidation sites excluding steroid dienone is 11. The van der Waals surface area contributed by atoms with Crippen molar-refractivity contribution >= 4 is 19.7 Å². The number of quaternary nitrogens is 1. The van der Waals surface area contributed by atoms with Crippen molar-refractivity contribution in [3.05, 3.63) is 72.9 Å². The third-order valence-electron chi connectivity index (χ3n) is 16.2. The number of likely N-dealkylation sites (N-methyl/N-ethyl adjacent to an activating group) is 1. The molecule has 0 aromatic carbocycles. The summed E-state index contributed by atoms with van der Waals surface area (Å²) in [5, 5.41) is 3.07. The third-order valence-corrected chi connectivity index (χ3v) is 17.1. The smallest absolute Gasteiger partial charge is 0.456 e. The second kappa shape index (κ2) is 64.4. The van der Waals surface area contributed by atoms with E-state index >= 15 is 0 Å². The quantitative estimate of drug-likeness (QED) is 0.0205. The van der Waals surface area contributed by atoms with E-state index in [2.05, 4.69) is 86.8 Å². The van der Waals surface area contributed by atoms with Gasteiger partial charge in [-0.1, -0.05) is 325 Å². The van der Waals surface area contributed by atoms with Crippen LogP contribution in [0.3, 0.4) is 0 Å². The van der Waals surface area contributed by atoms with E-state index in [1.165, 1.54) is 205 Å². The van der Waals surface area contributed by atoms with E-state index < -0.39 is 20.0 Å². The van der Waals surface area contributed by atoms with Gasteiger partial charge in [-0.25, -0.2) is 4.57 Å². The van der Waals surface area contributed by atoms with Crippen LogP contribution in [0.5, 0.6) is 0 Å². The van der Waals surface area contributed by atoms with Crippen molar-refractivity contribution in [3.8, 4) is 0 Å². The van der Waals surface area contributed by atoms with E-state index in [4.69, 9.17) is 13.8 Å². The van der Waals surface area contributed by atoms with Crippen molar-refractivity contribution in [2.75, 3.05) is 40.9 Å². The lowest BCUT2D eigenvalue weighted by molar-refractivity contribution is -0.870. The van der Waals surface area contributed by atoms with Gasteiger partial charge in [0.05, 0.1) is 33.8 Å². The van der Waals surface area contributed by atoms with Gasteiger partial charge in [0.2, 0.25) is 5.91 Å². The highest BCUT2D eigenvalue weighted by Crippen LogP contribution is 2.43. The van der Waals surface area contributed by atoms with Crippen LogP contribution in [-0.4, -0.2) is 74.3 Å². The number of carbonyl (C=O) groups excluding carboxylic acids is 2. The first-order valence-electron chi connectivity index (χ1n) is 36.3. The molecule has 0 saturated carbocycles. The zero-order valence-corrected chi connectivity index (χ0v) is 57.7. The number of phosphoric ester groups is 1. The fourth-order valence-corrected chi connectivity index (χ4v) is 11.4. The standard InChI is InChI=1S/C75H139N2O7P/c1-7-10-13-16-19-22-25-27-29-31-33-35-37-38-40-42-44-46-48-50-53-56-59-62-65-68-75(79)84-73(66-63-60-57-54-51-24-21-18-15-12-9-3)72(71-83-85(80,81)82-70-69-77(4,5)6)76-74(78)67-64-61-58-55-52-49-47-45-43-41-39-36-34-32-30-28-26-23-20-17-14-11-8-2/h10,13,19,22,27,29,33,35,38,40,63,66,72-73H,7-9,11-12,14-18,20-21,23-26,28,30-32,34,36-37,39,41-62,64-65,67-71H2,1-6H3,(H-,76,78,80,81)/p+1/b13-10-,22-19-,29-27-,35-33-,40-38-,66-63+. The Morgan fingerprint density at radius 3 is 1.13 bits per heavy atom. The van der Waals surface area contributed by atoms with Crippen LogP contribution in [0, 0.1) is 0 Å². The zero-order chi connectivity index (χ0) is 62.1. The van der Waals surface area contributed by atoms with Crippen LogP contribution in [0.2, 0.25) is 0 Å². The molecular formula is C75H140N2O7P+. The second-order valence-electron chi connectivity index (χ2n) is 25.7. The predicted octanol–water partition coefficient (Wildman–Crippen LogP) is 23.1. The van der Waals surface area contributed by atoms with Crippen LogP contribution < -0.4 is 5.32 Å². The van der Waals surface area contributed by atoms with Crippen molar-refractivity contribution < 1.29 is 37.3 Å². The molecule has 9 nitrogen and oxygen atoms in total. The third kappa shape index (κ3) is 65.7. The average Bonchev–Trinajstić information content (AvgIpc) is 3.58. The van der Waals surface area contributed by atoms with Crippen LogP contribution in [0.15, 0.2) is 72.9 Å². The van der Waals surface area contributed by atoms with E-state index in [1.54, 1.807) is 0 Å². The van der Waals surface area contributed by atoms with Gasteiger partial charge in [0.25, 0.3) is 0 Å². The van der Waals surface area contributed by atoms with Crippen molar-refractivity contribution in [1.29, 1.82) is 0 Å². The van der Waals surface area contributed by atoms with Gasteiger partial charge in [0.15, 0.2) is 0 Å². The maximum Gasteiger partial charge on any atom is 0.472 e. The molecule has 2 N–H and O–H groups in total. The van der Waals surface area contributed by atoms with Crippen LogP contribution in [0.25, 0.3) is 0 Å². The van der Waals surface area contributed by atoms with Crippen molar-refractivity contribution in [3.63, 3.8) is 0 Å². The Bertz CT molecular complexity index is 1680. The molecule has 0 saturated heterocycles. The molecule has 3 unspecified atom stereocenters. The maximum absolute atomic E-state index is 13.6. The van der Waals surface area contributed by atoms with E-state index in [0.717, 1.165) is 103 Å². The summed E-state index contributed by atoms with van der Waals surface area (Å²) in [6, 6.07) is -0.852. The van der Waals surface area contributed by atoms with E-state index in [-0.39, 0.29) is 31.5 Å². The Kier molecular flexibility index (Phi) is 62.5. The highest BCUT2D eigenvalue weighted by atomic mass is 31.2. The number of phosphoric acid groups is 1. The number of rotatable bonds is 66.